The van der Waals surface area contributed by atoms with Crippen LogP contribution >= 0.6 is 11.6 Å². The van der Waals surface area contributed by atoms with Crippen molar-refractivity contribution in [3.8, 4) is 11.5 Å². The van der Waals surface area contributed by atoms with Gasteiger partial charge in [0.15, 0.2) is 11.5 Å². The molecule has 3 aliphatic heterocycles. The van der Waals surface area contributed by atoms with Gasteiger partial charge in [-0.15, -0.1) is 0 Å². The van der Waals surface area contributed by atoms with Crippen LogP contribution in [0.1, 0.15) is 23.6 Å². The van der Waals surface area contributed by atoms with Gasteiger partial charge in [0.25, 0.3) is 11.7 Å². The number of nitrogens with zero attached hydrogens (tertiary/aromatic N) is 2. The molecule has 1 unspecified atom stereocenters. The van der Waals surface area contributed by atoms with Crippen molar-refractivity contribution in [3.63, 3.8) is 0 Å². The lowest BCUT2D eigenvalue weighted by Gasteiger charge is -2.29. The second-order valence-electron chi connectivity index (χ2n) is 8.71. The Kier molecular flexibility index (Phi) is 6.95. The summed E-state index contributed by atoms with van der Waals surface area (Å²) in [6, 6.07) is 11.3. The summed E-state index contributed by atoms with van der Waals surface area (Å²) in [7, 11) is 0. The van der Waals surface area contributed by atoms with Gasteiger partial charge < -0.3 is 24.2 Å². The zero-order chi connectivity index (χ0) is 24.4. The van der Waals surface area contributed by atoms with Crippen molar-refractivity contribution < 1.29 is 28.9 Å². The van der Waals surface area contributed by atoms with Crippen LogP contribution in [0.3, 0.4) is 0 Å². The highest BCUT2D eigenvalue weighted by Gasteiger charge is 2.46. The molecular weight excluding hydrogens is 472 g/mol. The third-order valence-corrected chi connectivity index (χ3v) is 6.73. The molecule has 0 spiro atoms. The van der Waals surface area contributed by atoms with Gasteiger partial charge >= 0.3 is 0 Å². The molecule has 8 nitrogen and oxygen atoms in total. The lowest BCUT2D eigenvalue weighted by molar-refractivity contribution is -0.140. The molecule has 2 saturated heterocycles. The first-order valence-corrected chi connectivity index (χ1v) is 12.1. The number of Topliss-reactive ketones (excluding diaryl/α,β-unsaturated/α-hetero) is 1. The number of benzene rings is 2. The maximum Gasteiger partial charge on any atom is 0.295 e. The topological polar surface area (TPSA) is 88.5 Å². The van der Waals surface area contributed by atoms with Crippen LogP contribution in [0, 0.1) is 0 Å². The number of amides is 1. The Hall–Kier alpha value is -3.07. The van der Waals surface area contributed by atoms with E-state index in [1.165, 1.54) is 4.90 Å². The van der Waals surface area contributed by atoms with Crippen LogP contribution in [-0.2, 0) is 14.3 Å². The van der Waals surface area contributed by atoms with Crippen LogP contribution in [0.4, 0.5) is 0 Å². The second-order valence-corrected chi connectivity index (χ2v) is 9.15. The van der Waals surface area contributed by atoms with Gasteiger partial charge in [-0.25, -0.2) is 0 Å². The van der Waals surface area contributed by atoms with Crippen molar-refractivity contribution in [1.82, 2.24) is 9.80 Å². The Bertz CT molecular complexity index is 1160. The minimum atomic E-state index is -0.744. The van der Waals surface area contributed by atoms with Crippen molar-refractivity contribution in [2.24, 2.45) is 0 Å². The minimum absolute atomic E-state index is 0.0420. The highest BCUT2D eigenvalue weighted by Crippen LogP contribution is 2.41. The number of likely N-dealkylation sites (tertiary alicyclic amines) is 1. The number of halogens is 1. The van der Waals surface area contributed by atoms with E-state index >= 15 is 0 Å². The Balaban J connectivity index is 1.48. The third-order valence-electron chi connectivity index (χ3n) is 6.50. The number of ketones is 1. The quantitative estimate of drug-likeness (QED) is 0.371. The van der Waals surface area contributed by atoms with E-state index in [1.54, 1.807) is 36.4 Å². The lowest BCUT2D eigenvalue weighted by atomic mass is 9.95. The van der Waals surface area contributed by atoms with Gasteiger partial charge in [0.1, 0.15) is 19.0 Å². The van der Waals surface area contributed by atoms with E-state index < -0.39 is 17.7 Å². The Morgan fingerprint density at radius 3 is 2.51 bits per heavy atom. The summed E-state index contributed by atoms with van der Waals surface area (Å²) in [6.45, 7) is 5.09. The molecule has 1 atom stereocenters. The molecule has 0 radical (unpaired) electrons. The molecule has 1 amide bonds. The van der Waals surface area contributed by atoms with Crippen LogP contribution in [-0.4, -0.2) is 79.2 Å². The predicted octanol–water partition coefficient (Wildman–Crippen LogP) is 3.26. The predicted molar refractivity (Wildman–Crippen MR) is 130 cm³/mol. The van der Waals surface area contributed by atoms with Crippen molar-refractivity contribution in [3.05, 3.63) is 64.2 Å². The molecule has 2 aromatic carbocycles. The van der Waals surface area contributed by atoms with E-state index in [1.807, 2.05) is 6.07 Å². The molecule has 9 heteroatoms. The number of aliphatic hydroxyl groups is 1. The Morgan fingerprint density at radius 2 is 1.74 bits per heavy atom. The molecule has 3 aliphatic rings. The maximum atomic E-state index is 13.2. The fraction of sp³-hybridized carbons (Fsp3) is 0.385. The molecule has 0 bridgehead atoms. The summed E-state index contributed by atoms with van der Waals surface area (Å²) in [5.74, 6) is -0.534. The molecular formula is C26H27ClN2O6. The monoisotopic (exact) mass is 498 g/mol. The number of hydrogen-bond donors (Lipinski definition) is 1. The molecule has 5 rings (SSSR count). The van der Waals surface area contributed by atoms with Gasteiger partial charge in [0.05, 0.1) is 24.8 Å². The molecule has 184 valence electrons. The number of rotatable bonds is 6. The van der Waals surface area contributed by atoms with E-state index in [2.05, 4.69) is 4.90 Å². The van der Waals surface area contributed by atoms with E-state index in [-0.39, 0.29) is 11.3 Å². The fourth-order valence-corrected chi connectivity index (χ4v) is 4.97. The van der Waals surface area contributed by atoms with E-state index in [0.29, 0.717) is 67.0 Å². The molecule has 35 heavy (non-hydrogen) atoms. The number of morpholine rings is 1. The highest BCUT2D eigenvalue weighted by molar-refractivity contribution is 6.46. The minimum Gasteiger partial charge on any atom is -0.507 e. The molecule has 2 fully saturated rings. The molecule has 1 N–H and O–H groups in total. The first-order chi connectivity index (χ1) is 17.0. The Morgan fingerprint density at radius 1 is 0.971 bits per heavy atom. The average Bonchev–Trinajstić information content (AvgIpc) is 3.13. The second kappa shape index (κ2) is 10.3. The van der Waals surface area contributed by atoms with E-state index in [9.17, 15) is 14.7 Å². The largest absolute Gasteiger partial charge is 0.507 e. The first kappa shape index (κ1) is 23.7. The van der Waals surface area contributed by atoms with Crippen LogP contribution in [0.15, 0.2) is 48.0 Å². The van der Waals surface area contributed by atoms with Crippen molar-refractivity contribution in [1.29, 1.82) is 0 Å². The summed E-state index contributed by atoms with van der Waals surface area (Å²) in [4.78, 5) is 30.2. The number of ether oxygens (including phenoxy) is 3. The van der Waals surface area contributed by atoms with Gasteiger partial charge in [-0.05, 0) is 42.3 Å². The number of carbonyl (C=O) groups excluding carboxylic acids is 2. The SMILES string of the molecule is O=C1C(=O)N(CCCN2CCOCC2)C(c2cccc(Cl)c2)C1=C(O)c1ccc2c(c1)OCCO2. The van der Waals surface area contributed by atoms with Crippen LogP contribution in [0.25, 0.3) is 5.76 Å². The van der Waals surface area contributed by atoms with Crippen LogP contribution in [0.2, 0.25) is 5.02 Å². The fourth-order valence-electron chi connectivity index (χ4n) is 4.77. The zero-order valence-electron chi connectivity index (χ0n) is 19.2. The van der Waals surface area contributed by atoms with E-state index in [4.69, 9.17) is 25.8 Å². The highest BCUT2D eigenvalue weighted by atomic mass is 35.5. The smallest absolute Gasteiger partial charge is 0.295 e. The standard InChI is InChI=1S/C26H27ClN2O6/c27-19-4-1-3-17(15-19)23-22(24(30)18-5-6-20-21(16-18)35-14-13-34-20)25(31)26(32)29(23)8-2-7-28-9-11-33-12-10-28/h1,3-6,15-16,23,30H,2,7-14H2. The zero-order valence-corrected chi connectivity index (χ0v) is 20.0. The van der Waals surface area contributed by atoms with Crippen LogP contribution in [0.5, 0.6) is 11.5 Å². The number of hydrogen-bond acceptors (Lipinski definition) is 7. The maximum absolute atomic E-state index is 13.2. The number of fused-ring (bicyclic) bond motifs is 1. The first-order valence-electron chi connectivity index (χ1n) is 11.8. The van der Waals surface area contributed by atoms with Gasteiger partial charge in [0, 0.05) is 36.8 Å². The average molecular weight is 499 g/mol. The van der Waals surface area contributed by atoms with Gasteiger partial charge in [0.2, 0.25) is 0 Å². The van der Waals surface area contributed by atoms with E-state index in [0.717, 1.165) is 19.6 Å². The van der Waals surface area contributed by atoms with Gasteiger partial charge in [-0.1, -0.05) is 23.7 Å². The van der Waals surface area contributed by atoms with Crippen molar-refractivity contribution in [2.75, 3.05) is 52.6 Å². The van der Waals surface area contributed by atoms with Crippen LogP contribution < -0.4 is 9.47 Å². The lowest BCUT2D eigenvalue weighted by Crippen LogP contribution is -2.38. The van der Waals surface area contributed by atoms with Crippen molar-refractivity contribution >= 4 is 29.1 Å². The summed E-state index contributed by atoms with van der Waals surface area (Å²) in [6.07, 6.45) is 0.689. The van der Waals surface area contributed by atoms with Crippen molar-refractivity contribution in [2.45, 2.75) is 12.5 Å². The van der Waals surface area contributed by atoms with Gasteiger partial charge in [-0.2, -0.15) is 0 Å². The summed E-state index contributed by atoms with van der Waals surface area (Å²) in [5, 5.41) is 11.8. The molecule has 0 aromatic heterocycles. The van der Waals surface area contributed by atoms with Gasteiger partial charge in [-0.3, -0.25) is 14.5 Å². The summed E-state index contributed by atoms with van der Waals surface area (Å²) >= 11 is 6.26. The number of aliphatic hydroxyl groups excluding tert-OH is 1. The Labute approximate surface area is 208 Å². The summed E-state index contributed by atoms with van der Waals surface area (Å²) < 4.78 is 16.6. The molecule has 0 aliphatic carbocycles. The third kappa shape index (κ3) is 4.87. The summed E-state index contributed by atoms with van der Waals surface area (Å²) in [5.41, 5.74) is 1.09. The number of carbonyl (C=O) groups is 2. The molecule has 0 saturated carbocycles. The normalized spacial score (nSPS) is 22.0. The molecule has 2 aromatic rings. The molecule has 3 heterocycles.